The van der Waals surface area contributed by atoms with E-state index in [1.54, 1.807) is 0 Å². The molecule has 0 spiro atoms. The van der Waals surface area contributed by atoms with Gasteiger partial charge in [0, 0.05) is 61.4 Å². The molecule has 2 aliphatic heterocycles. The van der Waals surface area contributed by atoms with E-state index in [9.17, 15) is 14.0 Å². The fourth-order valence-corrected chi connectivity index (χ4v) is 4.39. The normalized spacial score (nSPS) is 19.9. The zero-order valence-electron chi connectivity index (χ0n) is 18.8. The molecule has 2 N–H and O–H groups in total. The maximum Gasteiger partial charge on any atom is 0.229 e. The van der Waals surface area contributed by atoms with Crippen LogP contribution in [0.1, 0.15) is 15.9 Å². The molecule has 1 fully saturated rings. The van der Waals surface area contributed by atoms with Crippen molar-refractivity contribution in [2.75, 3.05) is 55.3 Å². The smallest absolute Gasteiger partial charge is 0.229 e. The third-order valence-corrected chi connectivity index (χ3v) is 6.51. The minimum atomic E-state index is -1.45. The van der Waals surface area contributed by atoms with Crippen LogP contribution in [-0.4, -0.2) is 66.7 Å². The summed E-state index contributed by atoms with van der Waals surface area (Å²) in [5, 5.41) is 6.24. The van der Waals surface area contributed by atoms with Crippen molar-refractivity contribution >= 4 is 35.2 Å². The van der Waals surface area contributed by atoms with Crippen LogP contribution in [0, 0.1) is 5.82 Å². The second-order valence-electron chi connectivity index (χ2n) is 8.70. The van der Waals surface area contributed by atoms with Crippen LogP contribution >= 0.6 is 0 Å². The molecule has 1 unspecified atom stereocenters. The summed E-state index contributed by atoms with van der Waals surface area (Å²) in [6.07, 6.45) is 2.12. The number of nitrogens with zero attached hydrogens (tertiary/aromatic N) is 4. The van der Waals surface area contributed by atoms with Gasteiger partial charge in [-0.1, -0.05) is 0 Å². The highest BCUT2D eigenvalue weighted by atomic mass is 19.1. The molecule has 0 radical (unpaired) electrons. The molecule has 34 heavy (non-hydrogen) atoms. The number of fused-ring (bicyclic) bond motifs is 1. The number of anilines is 4. The van der Waals surface area contributed by atoms with E-state index in [0.29, 0.717) is 23.6 Å². The summed E-state index contributed by atoms with van der Waals surface area (Å²) < 4.78 is 13.3. The van der Waals surface area contributed by atoms with E-state index in [2.05, 4.69) is 49.6 Å². The van der Waals surface area contributed by atoms with Gasteiger partial charge in [-0.3, -0.25) is 4.79 Å². The van der Waals surface area contributed by atoms with Gasteiger partial charge < -0.3 is 25.2 Å². The molecule has 0 bridgehead atoms. The molecule has 2 aromatic carbocycles. The zero-order chi connectivity index (χ0) is 23.7. The van der Waals surface area contributed by atoms with E-state index in [0.717, 1.165) is 31.9 Å². The van der Waals surface area contributed by atoms with Crippen LogP contribution in [0.5, 0.6) is 0 Å². The fourth-order valence-electron chi connectivity index (χ4n) is 4.39. The molecular formula is C25H25FN6O2. The Morgan fingerprint density at radius 3 is 2.47 bits per heavy atom. The minimum absolute atomic E-state index is 0.0693. The fraction of sp³-hybridized carbons (Fsp3) is 0.280. The lowest BCUT2D eigenvalue weighted by Gasteiger charge is -2.34. The van der Waals surface area contributed by atoms with Gasteiger partial charge in [0.1, 0.15) is 23.3 Å². The Kier molecular flexibility index (Phi) is 5.70. The van der Waals surface area contributed by atoms with Crippen molar-refractivity contribution in [2.45, 2.75) is 5.41 Å². The molecule has 0 saturated carbocycles. The average molecular weight is 461 g/mol. The number of nitrogens with one attached hydrogen (secondary N) is 2. The molecule has 1 atom stereocenters. The molecule has 8 nitrogen and oxygen atoms in total. The number of piperazine rings is 1. The summed E-state index contributed by atoms with van der Waals surface area (Å²) in [7, 11) is 2.13. The van der Waals surface area contributed by atoms with Gasteiger partial charge in [-0.2, -0.15) is 4.98 Å². The Hall–Kier alpha value is -3.85. The lowest BCUT2D eigenvalue weighted by Crippen LogP contribution is -2.44. The number of ketones is 1. The van der Waals surface area contributed by atoms with Crippen LogP contribution in [-0.2, 0) is 10.2 Å². The van der Waals surface area contributed by atoms with E-state index in [1.165, 1.54) is 36.1 Å². The first-order valence-electron chi connectivity index (χ1n) is 11.2. The van der Waals surface area contributed by atoms with Gasteiger partial charge in [-0.15, -0.1) is 0 Å². The molecule has 2 aliphatic rings. The molecule has 3 heterocycles. The van der Waals surface area contributed by atoms with Crippen molar-refractivity contribution in [1.82, 2.24) is 14.9 Å². The van der Waals surface area contributed by atoms with Crippen LogP contribution in [0.25, 0.3) is 0 Å². The highest BCUT2D eigenvalue weighted by Crippen LogP contribution is 2.37. The van der Waals surface area contributed by atoms with Crippen molar-refractivity contribution in [1.29, 1.82) is 0 Å². The summed E-state index contributed by atoms with van der Waals surface area (Å²) in [6.45, 7) is 4.15. The second kappa shape index (κ2) is 8.83. The molecule has 5 rings (SSSR count). The number of Topliss-reactive ketones (excluding diaryl/α,β-unsaturated/α-hetero) is 1. The molecule has 9 heteroatoms. The van der Waals surface area contributed by atoms with Crippen molar-refractivity contribution in [3.05, 3.63) is 71.7 Å². The van der Waals surface area contributed by atoms with Gasteiger partial charge in [0.2, 0.25) is 5.95 Å². The Labute approximate surface area is 196 Å². The first kappa shape index (κ1) is 22.0. The summed E-state index contributed by atoms with van der Waals surface area (Å²) >= 11 is 0. The number of aldehydes is 1. The molecule has 174 valence electrons. The van der Waals surface area contributed by atoms with Crippen molar-refractivity contribution < 1.29 is 14.0 Å². The van der Waals surface area contributed by atoms with Gasteiger partial charge in [-0.25, -0.2) is 9.37 Å². The number of hydrogen-bond donors (Lipinski definition) is 2. The Balaban J connectivity index is 1.33. The molecule has 1 aromatic heterocycles. The number of hydrogen-bond acceptors (Lipinski definition) is 8. The van der Waals surface area contributed by atoms with Gasteiger partial charge in [-0.05, 0) is 55.6 Å². The van der Waals surface area contributed by atoms with Crippen molar-refractivity contribution in [3.8, 4) is 0 Å². The Bertz CT molecular complexity index is 1210. The van der Waals surface area contributed by atoms with Crippen LogP contribution in [0.4, 0.5) is 27.5 Å². The van der Waals surface area contributed by atoms with E-state index in [4.69, 9.17) is 0 Å². The number of rotatable bonds is 6. The van der Waals surface area contributed by atoms with Crippen LogP contribution in [0.15, 0.2) is 54.7 Å². The van der Waals surface area contributed by atoms with Crippen LogP contribution < -0.4 is 15.5 Å². The SMILES string of the molecule is CN1CCN(c2ccc(Nc3ncc4c(n3)NCC4(C=O)C(=O)c3ccc(F)cc3)cc2)CC1. The first-order valence-corrected chi connectivity index (χ1v) is 11.2. The van der Waals surface area contributed by atoms with Gasteiger partial charge in [0.15, 0.2) is 5.78 Å². The maximum absolute atomic E-state index is 13.3. The minimum Gasteiger partial charge on any atom is -0.369 e. The van der Waals surface area contributed by atoms with Crippen LogP contribution in [0.3, 0.4) is 0 Å². The topological polar surface area (TPSA) is 90.5 Å². The number of benzene rings is 2. The first-order chi connectivity index (χ1) is 16.5. The summed E-state index contributed by atoms with van der Waals surface area (Å²) in [5.74, 6) is -0.0848. The van der Waals surface area contributed by atoms with Crippen molar-refractivity contribution in [2.24, 2.45) is 0 Å². The van der Waals surface area contributed by atoms with E-state index >= 15 is 0 Å². The average Bonchev–Trinajstić information content (AvgIpc) is 3.24. The number of likely N-dealkylation sites (N-methyl/N-ethyl adjacent to an activating group) is 1. The largest absolute Gasteiger partial charge is 0.369 e. The summed E-state index contributed by atoms with van der Waals surface area (Å²) in [5.41, 5.74) is 1.22. The summed E-state index contributed by atoms with van der Waals surface area (Å²) in [4.78, 5) is 38.8. The monoisotopic (exact) mass is 460 g/mol. The highest BCUT2D eigenvalue weighted by molar-refractivity contribution is 6.15. The third kappa shape index (κ3) is 3.99. The van der Waals surface area contributed by atoms with Gasteiger partial charge in [0.25, 0.3) is 0 Å². The lowest BCUT2D eigenvalue weighted by molar-refractivity contribution is -0.110. The van der Waals surface area contributed by atoms with E-state index < -0.39 is 17.0 Å². The number of carbonyl (C=O) groups is 2. The second-order valence-corrected chi connectivity index (χ2v) is 8.70. The Morgan fingerprint density at radius 1 is 1.09 bits per heavy atom. The molecule has 1 saturated heterocycles. The predicted molar refractivity (Wildman–Crippen MR) is 128 cm³/mol. The van der Waals surface area contributed by atoms with Crippen molar-refractivity contribution in [3.63, 3.8) is 0 Å². The lowest BCUT2D eigenvalue weighted by atomic mass is 9.78. The van der Waals surface area contributed by atoms with E-state index in [-0.39, 0.29) is 12.1 Å². The predicted octanol–water partition coefficient (Wildman–Crippen LogP) is 2.86. The summed E-state index contributed by atoms with van der Waals surface area (Å²) in [6, 6.07) is 13.3. The molecule has 3 aromatic rings. The standard InChI is InChI=1S/C25H25FN6O2/c1-31-10-12-32(13-11-31)20-8-6-19(7-9-20)29-24-27-14-21-23(30-24)28-15-25(21,16-33)22(34)17-2-4-18(26)5-3-17/h2-9,14,16H,10-13,15H2,1H3,(H2,27,28,29,30). The molecule has 0 amide bonds. The number of halogens is 1. The molecule has 0 aliphatic carbocycles. The number of carbonyl (C=O) groups excluding carboxylic acids is 2. The maximum atomic E-state index is 13.3. The number of aromatic nitrogens is 2. The van der Waals surface area contributed by atoms with Gasteiger partial charge in [0.05, 0.1) is 0 Å². The zero-order valence-corrected chi connectivity index (χ0v) is 18.8. The third-order valence-electron chi connectivity index (χ3n) is 6.51. The van der Waals surface area contributed by atoms with E-state index in [1.807, 2.05) is 12.1 Å². The van der Waals surface area contributed by atoms with Gasteiger partial charge >= 0.3 is 0 Å². The molecular weight excluding hydrogens is 435 g/mol. The Morgan fingerprint density at radius 2 is 1.79 bits per heavy atom. The van der Waals surface area contributed by atoms with Crippen LogP contribution in [0.2, 0.25) is 0 Å². The quantitative estimate of drug-likeness (QED) is 0.330. The highest BCUT2D eigenvalue weighted by Gasteiger charge is 2.47.